The summed E-state index contributed by atoms with van der Waals surface area (Å²) in [6, 6.07) is 14.4. The SMILES string of the molecule is COc1cccc(C[C@@]2(C(=O)O)CN(C(=O)c3cccc4[nH]ccc34)CC[C@H]2O)c1. The summed E-state index contributed by atoms with van der Waals surface area (Å²) in [5, 5.41) is 21.6. The van der Waals surface area contributed by atoms with Crippen LogP contribution in [-0.4, -0.2) is 58.3 Å². The second kappa shape index (κ2) is 7.84. The first kappa shape index (κ1) is 20.0. The number of rotatable bonds is 5. The van der Waals surface area contributed by atoms with Gasteiger partial charge < -0.3 is 24.8 Å². The van der Waals surface area contributed by atoms with Gasteiger partial charge in [-0.15, -0.1) is 0 Å². The Morgan fingerprint density at radius 3 is 2.80 bits per heavy atom. The molecule has 7 nitrogen and oxygen atoms in total. The minimum Gasteiger partial charge on any atom is -0.497 e. The van der Waals surface area contributed by atoms with Crippen LogP contribution in [0.15, 0.2) is 54.7 Å². The summed E-state index contributed by atoms with van der Waals surface area (Å²) in [7, 11) is 1.55. The van der Waals surface area contributed by atoms with Crippen LogP contribution in [0.5, 0.6) is 5.75 Å². The molecule has 30 heavy (non-hydrogen) atoms. The van der Waals surface area contributed by atoms with E-state index in [1.54, 1.807) is 54.6 Å². The average Bonchev–Trinajstić information content (AvgIpc) is 3.24. The highest BCUT2D eigenvalue weighted by atomic mass is 16.5. The number of carboxylic acid groups (broad SMARTS) is 1. The van der Waals surface area contributed by atoms with Crippen LogP contribution in [0, 0.1) is 5.41 Å². The van der Waals surface area contributed by atoms with E-state index in [9.17, 15) is 19.8 Å². The van der Waals surface area contributed by atoms with Crippen LogP contribution in [0.3, 0.4) is 0 Å². The molecule has 0 bridgehead atoms. The van der Waals surface area contributed by atoms with Gasteiger partial charge in [0.2, 0.25) is 0 Å². The van der Waals surface area contributed by atoms with E-state index in [0.717, 1.165) is 16.5 Å². The van der Waals surface area contributed by atoms with Crippen molar-refractivity contribution in [1.82, 2.24) is 9.88 Å². The molecule has 2 heterocycles. The van der Waals surface area contributed by atoms with Crippen molar-refractivity contribution in [2.45, 2.75) is 18.9 Å². The molecule has 0 radical (unpaired) electrons. The van der Waals surface area contributed by atoms with Gasteiger partial charge in [-0.3, -0.25) is 9.59 Å². The average molecular weight is 408 g/mol. The van der Waals surface area contributed by atoms with Crippen molar-refractivity contribution in [3.05, 3.63) is 65.9 Å². The largest absolute Gasteiger partial charge is 0.497 e. The molecule has 4 rings (SSSR count). The van der Waals surface area contributed by atoms with Crippen LogP contribution < -0.4 is 4.74 Å². The molecule has 0 unspecified atom stereocenters. The van der Waals surface area contributed by atoms with Crippen molar-refractivity contribution in [3.63, 3.8) is 0 Å². The fraction of sp³-hybridized carbons (Fsp3) is 0.304. The lowest BCUT2D eigenvalue weighted by Gasteiger charge is -2.43. The van der Waals surface area contributed by atoms with Crippen LogP contribution in [-0.2, 0) is 11.2 Å². The van der Waals surface area contributed by atoms with Gasteiger partial charge in [-0.2, -0.15) is 0 Å². The maximum atomic E-state index is 13.3. The quantitative estimate of drug-likeness (QED) is 0.602. The summed E-state index contributed by atoms with van der Waals surface area (Å²) in [4.78, 5) is 30.3. The number of ether oxygens (including phenoxy) is 1. The highest BCUT2D eigenvalue weighted by molar-refractivity contribution is 6.06. The molecule has 2 aromatic carbocycles. The van der Waals surface area contributed by atoms with Gasteiger partial charge in [0, 0.05) is 35.8 Å². The summed E-state index contributed by atoms with van der Waals surface area (Å²) in [5.74, 6) is -0.732. The Morgan fingerprint density at radius 1 is 1.23 bits per heavy atom. The minimum absolute atomic E-state index is 0.0691. The van der Waals surface area contributed by atoms with Gasteiger partial charge in [-0.25, -0.2) is 0 Å². The number of aliphatic hydroxyl groups excluding tert-OH is 1. The topological polar surface area (TPSA) is 103 Å². The molecule has 0 saturated carbocycles. The molecule has 1 aromatic heterocycles. The Balaban J connectivity index is 1.66. The van der Waals surface area contributed by atoms with Crippen molar-refractivity contribution in [2.75, 3.05) is 20.2 Å². The second-order valence-electron chi connectivity index (χ2n) is 7.77. The van der Waals surface area contributed by atoms with Crippen molar-refractivity contribution in [2.24, 2.45) is 5.41 Å². The number of H-pyrrole nitrogens is 1. The molecule has 1 amide bonds. The van der Waals surface area contributed by atoms with Gasteiger partial charge in [0.25, 0.3) is 5.91 Å². The van der Waals surface area contributed by atoms with Gasteiger partial charge in [-0.1, -0.05) is 18.2 Å². The number of aromatic nitrogens is 1. The first-order valence-electron chi connectivity index (χ1n) is 9.84. The second-order valence-corrected chi connectivity index (χ2v) is 7.77. The van der Waals surface area contributed by atoms with Gasteiger partial charge in [-0.05, 0) is 48.7 Å². The van der Waals surface area contributed by atoms with Crippen molar-refractivity contribution < 1.29 is 24.5 Å². The first-order valence-corrected chi connectivity index (χ1v) is 9.84. The molecular formula is C23H24N2O5. The van der Waals surface area contributed by atoms with E-state index >= 15 is 0 Å². The van der Waals surface area contributed by atoms with E-state index in [1.807, 2.05) is 12.1 Å². The zero-order valence-electron chi connectivity index (χ0n) is 16.7. The molecular weight excluding hydrogens is 384 g/mol. The predicted octanol–water partition coefficient (Wildman–Crippen LogP) is 2.70. The number of aliphatic hydroxyl groups is 1. The summed E-state index contributed by atoms with van der Waals surface area (Å²) in [6.07, 6.45) is 1.00. The molecule has 3 aromatic rings. The van der Waals surface area contributed by atoms with Crippen LogP contribution in [0.2, 0.25) is 0 Å². The number of aromatic amines is 1. The Morgan fingerprint density at radius 2 is 2.03 bits per heavy atom. The standard InChI is InChI=1S/C23H24N2O5/c1-30-16-5-2-4-15(12-16)13-23(22(28)29)14-25(11-9-20(23)26)21(27)18-6-3-7-19-17(18)8-10-24-19/h2-8,10,12,20,24,26H,9,11,13-14H2,1H3,(H,28,29)/t20-,23-/m1/s1. The number of hydrogen-bond donors (Lipinski definition) is 3. The van der Waals surface area contributed by atoms with Crippen LogP contribution >= 0.6 is 0 Å². The number of benzene rings is 2. The third-order valence-electron chi connectivity index (χ3n) is 5.98. The Bertz CT molecular complexity index is 1090. The predicted molar refractivity (Wildman–Crippen MR) is 112 cm³/mol. The van der Waals surface area contributed by atoms with Crippen LogP contribution in [0.4, 0.5) is 0 Å². The Hall–Kier alpha value is -3.32. The monoisotopic (exact) mass is 408 g/mol. The van der Waals surface area contributed by atoms with Gasteiger partial charge >= 0.3 is 5.97 Å². The number of nitrogens with zero attached hydrogens (tertiary/aromatic N) is 1. The highest BCUT2D eigenvalue weighted by Gasteiger charge is 2.50. The molecule has 1 saturated heterocycles. The minimum atomic E-state index is -1.49. The van der Waals surface area contributed by atoms with Crippen molar-refractivity contribution in [3.8, 4) is 5.75 Å². The molecule has 1 aliphatic heterocycles. The molecule has 1 aliphatic rings. The number of hydrogen-bond acceptors (Lipinski definition) is 4. The van der Waals surface area contributed by atoms with Gasteiger partial charge in [0.15, 0.2) is 0 Å². The molecule has 0 aliphatic carbocycles. The van der Waals surface area contributed by atoms with E-state index in [0.29, 0.717) is 17.9 Å². The number of aliphatic carboxylic acids is 1. The van der Waals surface area contributed by atoms with Gasteiger partial charge in [0.1, 0.15) is 11.2 Å². The molecule has 1 fully saturated rings. The normalized spacial score (nSPS) is 21.5. The van der Waals surface area contributed by atoms with E-state index in [4.69, 9.17) is 4.74 Å². The molecule has 2 atom stereocenters. The molecule has 0 spiro atoms. The van der Waals surface area contributed by atoms with E-state index in [-0.39, 0.29) is 25.3 Å². The number of nitrogens with one attached hydrogen (secondary N) is 1. The van der Waals surface area contributed by atoms with E-state index in [1.165, 1.54) is 0 Å². The van der Waals surface area contributed by atoms with Crippen LogP contribution in [0.1, 0.15) is 22.3 Å². The fourth-order valence-corrected chi connectivity index (χ4v) is 4.30. The number of likely N-dealkylation sites (tertiary alicyclic amines) is 1. The lowest BCUT2D eigenvalue weighted by molar-refractivity contribution is -0.161. The third-order valence-corrected chi connectivity index (χ3v) is 5.98. The highest BCUT2D eigenvalue weighted by Crippen LogP contribution is 2.36. The number of carbonyl (C=O) groups is 2. The molecule has 7 heteroatoms. The number of piperidine rings is 1. The first-order chi connectivity index (χ1) is 14.4. The smallest absolute Gasteiger partial charge is 0.314 e. The number of amides is 1. The number of fused-ring (bicyclic) bond motifs is 1. The zero-order chi connectivity index (χ0) is 21.3. The maximum Gasteiger partial charge on any atom is 0.314 e. The van der Waals surface area contributed by atoms with Crippen LogP contribution in [0.25, 0.3) is 10.9 Å². The van der Waals surface area contributed by atoms with Crippen molar-refractivity contribution in [1.29, 1.82) is 0 Å². The number of methoxy groups -OCH3 is 1. The summed E-state index contributed by atoms with van der Waals surface area (Å²) < 4.78 is 5.24. The Labute approximate surface area is 173 Å². The van der Waals surface area contributed by atoms with Gasteiger partial charge in [0.05, 0.1) is 13.2 Å². The van der Waals surface area contributed by atoms with Crippen molar-refractivity contribution >= 4 is 22.8 Å². The fourth-order valence-electron chi connectivity index (χ4n) is 4.30. The number of carboxylic acids is 1. The summed E-state index contributed by atoms with van der Waals surface area (Å²) in [5.41, 5.74) is 0.606. The molecule has 3 N–H and O–H groups in total. The maximum absolute atomic E-state index is 13.3. The summed E-state index contributed by atoms with van der Waals surface area (Å²) >= 11 is 0. The number of carbonyl (C=O) groups excluding carboxylic acids is 1. The summed E-state index contributed by atoms with van der Waals surface area (Å²) in [6.45, 7) is 0.230. The van der Waals surface area contributed by atoms with E-state index < -0.39 is 17.5 Å². The zero-order valence-corrected chi connectivity index (χ0v) is 16.7. The Kier molecular flexibility index (Phi) is 5.22. The lowest BCUT2D eigenvalue weighted by Crippen LogP contribution is -2.58. The molecule has 156 valence electrons. The van der Waals surface area contributed by atoms with E-state index in [2.05, 4.69) is 4.98 Å². The third kappa shape index (κ3) is 3.41. The lowest BCUT2D eigenvalue weighted by atomic mass is 9.72.